The van der Waals surface area contributed by atoms with Gasteiger partial charge in [-0.1, -0.05) is 17.3 Å². The molecule has 3 aliphatic heterocycles. The molecule has 0 spiro atoms. The predicted molar refractivity (Wildman–Crippen MR) is 137 cm³/mol. The third-order valence-corrected chi connectivity index (χ3v) is 7.93. The van der Waals surface area contributed by atoms with Crippen molar-refractivity contribution >= 4 is 16.8 Å². The molecule has 35 heavy (non-hydrogen) atoms. The number of aromatic nitrogens is 1. The van der Waals surface area contributed by atoms with Crippen LogP contribution in [0, 0.1) is 5.92 Å². The van der Waals surface area contributed by atoms with Crippen LogP contribution in [0.1, 0.15) is 31.2 Å². The van der Waals surface area contributed by atoms with E-state index in [1.165, 1.54) is 44.3 Å². The lowest BCUT2D eigenvalue weighted by Crippen LogP contribution is -2.57. The molecule has 2 aromatic carbocycles. The number of para-hydroxylation sites is 1. The Bertz CT molecular complexity index is 1140. The first kappa shape index (κ1) is 22.7. The Balaban J connectivity index is 1.05. The van der Waals surface area contributed by atoms with Crippen LogP contribution in [-0.4, -0.2) is 74.0 Å². The molecule has 4 heterocycles. The third-order valence-electron chi connectivity index (χ3n) is 7.93. The number of piperidine rings is 1. The lowest BCUT2D eigenvalue weighted by molar-refractivity contribution is 0.0726. The van der Waals surface area contributed by atoms with E-state index in [1.807, 2.05) is 18.2 Å². The molecule has 3 aliphatic rings. The fourth-order valence-electron chi connectivity index (χ4n) is 6.02. The largest absolute Gasteiger partial charge is 0.497 e. The van der Waals surface area contributed by atoms with E-state index >= 15 is 0 Å². The van der Waals surface area contributed by atoms with Gasteiger partial charge >= 0.3 is 0 Å². The minimum atomic E-state index is 0.555. The number of nitrogens with zero attached hydrogens (tertiary/aromatic N) is 4. The summed E-state index contributed by atoms with van der Waals surface area (Å²) in [4.78, 5) is 7.57. The molecule has 1 aromatic heterocycles. The molecular weight excluding hydrogens is 440 g/mol. The van der Waals surface area contributed by atoms with E-state index in [0.717, 1.165) is 67.6 Å². The van der Waals surface area contributed by atoms with Gasteiger partial charge in [-0.25, -0.2) is 0 Å². The zero-order valence-electron chi connectivity index (χ0n) is 20.7. The minimum absolute atomic E-state index is 0.555. The Morgan fingerprint density at radius 3 is 2.71 bits per heavy atom. The zero-order valence-corrected chi connectivity index (χ0v) is 20.7. The van der Waals surface area contributed by atoms with Crippen LogP contribution >= 0.6 is 0 Å². The van der Waals surface area contributed by atoms with Gasteiger partial charge in [-0.15, -0.1) is 0 Å². The summed E-state index contributed by atoms with van der Waals surface area (Å²) in [7, 11) is 1.74. The fourth-order valence-corrected chi connectivity index (χ4v) is 6.02. The van der Waals surface area contributed by atoms with Gasteiger partial charge in [-0.3, -0.25) is 9.80 Å². The maximum Gasteiger partial charge on any atom is 0.180 e. The quantitative estimate of drug-likeness (QED) is 0.501. The van der Waals surface area contributed by atoms with Gasteiger partial charge < -0.3 is 18.9 Å². The summed E-state index contributed by atoms with van der Waals surface area (Å²) in [5.41, 5.74) is 2.15. The molecule has 0 radical (unpaired) electrons. The number of piperazine rings is 1. The van der Waals surface area contributed by atoms with Crippen molar-refractivity contribution < 1.29 is 14.0 Å². The highest BCUT2D eigenvalue weighted by molar-refractivity contribution is 5.88. The van der Waals surface area contributed by atoms with Crippen LogP contribution in [0.25, 0.3) is 11.0 Å². The van der Waals surface area contributed by atoms with Crippen molar-refractivity contribution in [2.24, 2.45) is 5.92 Å². The Kier molecular flexibility index (Phi) is 6.53. The van der Waals surface area contributed by atoms with Crippen LogP contribution in [0.2, 0.25) is 0 Å². The third kappa shape index (κ3) is 4.98. The van der Waals surface area contributed by atoms with Crippen LogP contribution in [0.5, 0.6) is 11.5 Å². The van der Waals surface area contributed by atoms with E-state index in [4.69, 9.17) is 14.0 Å². The number of methoxy groups -OCH3 is 1. The van der Waals surface area contributed by atoms with E-state index in [9.17, 15) is 0 Å². The Morgan fingerprint density at radius 2 is 1.83 bits per heavy atom. The Hall–Kier alpha value is -2.77. The second kappa shape index (κ2) is 10.1. The second-order valence-electron chi connectivity index (χ2n) is 10.4. The Morgan fingerprint density at radius 1 is 0.971 bits per heavy atom. The van der Waals surface area contributed by atoms with E-state index in [2.05, 4.69) is 44.1 Å². The number of ether oxygens (including phenoxy) is 2. The molecule has 0 bridgehead atoms. The van der Waals surface area contributed by atoms with Gasteiger partial charge in [-0.2, -0.15) is 0 Å². The monoisotopic (exact) mass is 476 g/mol. The average Bonchev–Trinajstić information content (AvgIpc) is 3.57. The smallest absolute Gasteiger partial charge is 0.180 e. The van der Waals surface area contributed by atoms with Gasteiger partial charge in [0.25, 0.3) is 0 Å². The van der Waals surface area contributed by atoms with E-state index in [-0.39, 0.29) is 0 Å². The van der Waals surface area contributed by atoms with Gasteiger partial charge in [0.2, 0.25) is 0 Å². The highest BCUT2D eigenvalue weighted by atomic mass is 16.5. The van der Waals surface area contributed by atoms with Crippen molar-refractivity contribution in [3.63, 3.8) is 0 Å². The standard InChI is InChI=1S/C28H36N4O3/c1-33-24-14-22(17-30-10-4-5-11-30)15-25(16-24)34-20-21-8-9-23-19-32(13-12-31(23)18-21)28-26-6-2-3-7-27(26)35-29-28/h2-3,6-7,14-16,21,23H,4-5,8-13,17-20H2,1H3/t21-,23-/m1/s1. The molecule has 7 heteroatoms. The predicted octanol–water partition coefficient (Wildman–Crippen LogP) is 4.41. The summed E-state index contributed by atoms with van der Waals surface area (Å²) in [5, 5.41) is 5.50. The van der Waals surface area contributed by atoms with Gasteiger partial charge in [0.1, 0.15) is 11.5 Å². The van der Waals surface area contributed by atoms with E-state index in [0.29, 0.717) is 12.0 Å². The van der Waals surface area contributed by atoms with Crippen LogP contribution in [0.15, 0.2) is 47.0 Å². The average molecular weight is 477 g/mol. The van der Waals surface area contributed by atoms with Gasteiger partial charge in [0.15, 0.2) is 11.4 Å². The van der Waals surface area contributed by atoms with E-state index in [1.54, 1.807) is 7.11 Å². The van der Waals surface area contributed by atoms with Crippen LogP contribution < -0.4 is 14.4 Å². The molecule has 2 atom stereocenters. The molecule has 3 fully saturated rings. The number of likely N-dealkylation sites (tertiary alicyclic amines) is 1. The van der Waals surface area contributed by atoms with Crippen LogP contribution in [-0.2, 0) is 6.54 Å². The normalized spacial score (nSPS) is 23.5. The van der Waals surface area contributed by atoms with Gasteiger partial charge in [0, 0.05) is 50.7 Å². The summed E-state index contributed by atoms with van der Waals surface area (Å²) >= 11 is 0. The SMILES string of the molecule is COc1cc(CN2CCCC2)cc(OC[C@@H]2CC[C@@H]3CN(c4noc5ccccc45)CCN3C2)c1. The summed E-state index contributed by atoms with van der Waals surface area (Å²) < 4.78 is 17.5. The molecule has 0 aliphatic carbocycles. The minimum Gasteiger partial charge on any atom is -0.497 e. The molecule has 3 saturated heterocycles. The maximum atomic E-state index is 6.34. The zero-order chi connectivity index (χ0) is 23.6. The molecule has 7 nitrogen and oxygen atoms in total. The molecule has 0 saturated carbocycles. The van der Waals surface area contributed by atoms with Crippen molar-refractivity contribution in [1.82, 2.24) is 15.0 Å². The highest BCUT2D eigenvalue weighted by Gasteiger charge is 2.34. The number of anilines is 1. The first-order chi connectivity index (χ1) is 17.2. The van der Waals surface area contributed by atoms with E-state index < -0.39 is 0 Å². The molecule has 0 amide bonds. The number of fused-ring (bicyclic) bond motifs is 2. The van der Waals surface area contributed by atoms with Crippen molar-refractivity contribution in [2.45, 2.75) is 38.3 Å². The molecule has 3 aromatic rings. The first-order valence-corrected chi connectivity index (χ1v) is 13.1. The number of hydrogen-bond acceptors (Lipinski definition) is 7. The van der Waals surface area contributed by atoms with Gasteiger partial charge in [0.05, 0.1) is 19.1 Å². The highest BCUT2D eigenvalue weighted by Crippen LogP contribution is 2.32. The molecular formula is C28H36N4O3. The molecule has 0 unspecified atom stereocenters. The first-order valence-electron chi connectivity index (χ1n) is 13.1. The van der Waals surface area contributed by atoms with Crippen LogP contribution in [0.3, 0.4) is 0 Å². The van der Waals surface area contributed by atoms with Crippen molar-refractivity contribution in [2.75, 3.05) is 57.9 Å². The Labute approximate surface area is 207 Å². The van der Waals surface area contributed by atoms with Crippen molar-refractivity contribution in [3.8, 4) is 11.5 Å². The molecule has 186 valence electrons. The van der Waals surface area contributed by atoms with Crippen molar-refractivity contribution in [1.29, 1.82) is 0 Å². The summed E-state index contributed by atoms with van der Waals surface area (Å²) in [5.74, 6) is 3.37. The summed E-state index contributed by atoms with van der Waals surface area (Å²) in [6.07, 6.45) is 5.00. The number of benzene rings is 2. The number of rotatable bonds is 7. The number of hydrogen-bond donors (Lipinski definition) is 0. The lowest BCUT2D eigenvalue weighted by atomic mass is 9.91. The lowest BCUT2D eigenvalue weighted by Gasteiger charge is -2.46. The molecule has 0 N–H and O–H groups in total. The summed E-state index contributed by atoms with van der Waals surface area (Å²) in [6, 6.07) is 15.1. The van der Waals surface area contributed by atoms with Gasteiger partial charge in [-0.05, 0) is 68.6 Å². The molecule has 6 rings (SSSR count). The maximum absolute atomic E-state index is 6.34. The fraction of sp³-hybridized carbons (Fsp3) is 0.536. The second-order valence-corrected chi connectivity index (χ2v) is 10.4. The topological polar surface area (TPSA) is 54.2 Å². The summed E-state index contributed by atoms with van der Waals surface area (Å²) in [6.45, 7) is 8.27. The van der Waals surface area contributed by atoms with Crippen LogP contribution in [0.4, 0.5) is 5.82 Å². The van der Waals surface area contributed by atoms with Crippen molar-refractivity contribution in [3.05, 3.63) is 48.0 Å².